The molecule has 1 fully saturated rings. The fraction of sp³-hybridized carbons (Fsp3) is 0.333. The smallest absolute Gasteiger partial charge is 0.295 e. The number of likely N-dealkylation sites (tertiary alicyclic amines) is 1. The topological polar surface area (TPSA) is 60.9 Å². The Labute approximate surface area is 172 Å². The van der Waals surface area contributed by atoms with E-state index in [0.717, 1.165) is 31.6 Å². The molecule has 1 N–H and O–H groups in total. The van der Waals surface area contributed by atoms with E-state index in [2.05, 4.69) is 18.7 Å². The zero-order valence-corrected chi connectivity index (χ0v) is 17.0. The van der Waals surface area contributed by atoms with E-state index in [9.17, 15) is 14.7 Å². The highest BCUT2D eigenvalue weighted by atomic mass is 16.3. The van der Waals surface area contributed by atoms with E-state index in [4.69, 9.17) is 0 Å². The number of nitrogens with zero attached hydrogens (tertiary/aromatic N) is 2. The maximum atomic E-state index is 12.9. The summed E-state index contributed by atoms with van der Waals surface area (Å²) in [5.41, 5.74) is 1.52. The number of aliphatic hydroxyl groups is 1. The second-order valence-corrected chi connectivity index (χ2v) is 7.15. The third kappa shape index (κ3) is 4.40. The van der Waals surface area contributed by atoms with Gasteiger partial charge >= 0.3 is 0 Å². The lowest BCUT2D eigenvalue weighted by Crippen LogP contribution is -2.33. The van der Waals surface area contributed by atoms with Crippen LogP contribution in [0.1, 0.15) is 37.4 Å². The number of carbonyl (C=O) groups is 2. The van der Waals surface area contributed by atoms with Gasteiger partial charge in [-0.2, -0.15) is 0 Å². The van der Waals surface area contributed by atoms with Gasteiger partial charge in [-0.1, -0.05) is 74.5 Å². The van der Waals surface area contributed by atoms with E-state index in [1.54, 1.807) is 29.2 Å². The van der Waals surface area contributed by atoms with Crippen molar-refractivity contribution in [3.8, 4) is 0 Å². The molecule has 2 aromatic rings. The first-order valence-corrected chi connectivity index (χ1v) is 10.2. The fourth-order valence-electron chi connectivity index (χ4n) is 3.85. The van der Waals surface area contributed by atoms with Crippen LogP contribution in [0, 0.1) is 0 Å². The van der Waals surface area contributed by atoms with Gasteiger partial charge in [0.25, 0.3) is 11.7 Å². The van der Waals surface area contributed by atoms with Crippen LogP contribution in [0.25, 0.3) is 5.76 Å². The third-order valence-electron chi connectivity index (χ3n) is 5.47. The summed E-state index contributed by atoms with van der Waals surface area (Å²) in [4.78, 5) is 29.7. The van der Waals surface area contributed by atoms with Crippen molar-refractivity contribution in [1.82, 2.24) is 9.80 Å². The maximum absolute atomic E-state index is 12.9. The third-order valence-corrected chi connectivity index (χ3v) is 5.47. The van der Waals surface area contributed by atoms with Crippen LogP contribution in [-0.4, -0.2) is 52.8 Å². The minimum Gasteiger partial charge on any atom is -0.507 e. The van der Waals surface area contributed by atoms with E-state index in [1.807, 2.05) is 36.4 Å². The Balaban J connectivity index is 1.98. The standard InChI is InChI=1S/C24H28N2O3/c1-3-25(4-2)16-11-17-26-21(18-12-7-5-8-13-18)20(23(28)24(26)29)22(27)19-14-9-6-10-15-19/h5-10,12-15,21,27H,3-4,11,16-17H2,1-2H3/t21-/m0/s1. The highest BCUT2D eigenvalue weighted by Crippen LogP contribution is 2.39. The summed E-state index contributed by atoms with van der Waals surface area (Å²) < 4.78 is 0. The maximum Gasteiger partial charge on any atom is 0.295 e. The lowest BCUT2D eigenvalue weighted by Gasteiger charge is -2.26. The van der Waals surface area contributed by atoms with Crippen molar-refractivity contribution in [3.63, 3.8) is 0 Å². The summed E-state index contributed by atoms with van der Waals surface area (Å²) in [6.45, 7) is 7.44. The molecule has 2 aromatic carbocycles. The minimum absolute atomic E-state index is 0.121. The Hall–Kier alpha value is -2.92. The summed E-state index contributed by atoms with van der Waals surface area (Å²) in [7, 11) is 0. The summed E-state index contributed by atoms with van der Waals surface area (Å²) in [6, 6.07) is 17.8. The molecule has 0 bridgehead atoms. The fourth-order valence-corrected chi connectivity index (χ4v) is 3.85. The number of benzene rings is 2. The van der Waals surface area contributed by atoms with Crippen LogP contribution in [0.2, 0.25) is 0 Å². The van der Waals surface area contributed by atoms with Crippen LogP contribution >= 0.6 is 0 Å². The van der Waals surface area contributed by atoms with Crippen molar-refractivity contribution < 1.29 is 14.7 Å². The number of carbonyl (C=O) groups excluding carboxylic acids is 2. The number of rotatable bonds is 8. The van der Waals surface area contributed by atoms with Crippen LogP contribution in [0.4, 0.5) is 0 Å². The molecule has 0 aromatic heterocycles. The van der Waals surface area contributed by atoms with Crippen molar-refractivity contribution in [3.05, 3.63) is 77.4 Å². The Morgan fingerprint density at radius 3 is 2.14 bits per heavy atom. The molecule has 0 spiro atoms. The Morgan fingerprint density at radius 2 is 1.55 bits per heavy atom. The molecule has 0 aliphatic carbocycles. The first-order chi connectivity index (χ1) is 14.1. The number of aliphatic hydroxyl groups excluding tert-OH is 1. The van der Waals surface area contributed by atoms with Crippen LogP contribution in [0.15, 0.2) is 66.2 Å². The van der Waals surface area contributed by atoms with Gasteiger partial charge in [0.15, 0.2) is 0 Å². The van der Waals surface area contributed by atoms with E-state index >= 15 is 0 Å². The largest absolute Gasteiger partial charge is 0.507 e. The molecular weight excluding hydrogens is 364 g/mol. The van der Waals surface area contributed by atoms with Gasteiger partial charge in [0.1, 0.15) is 5.76 Å². The summed E-state index contributed by atoms with van der Waals surface area (Å²) in [6.07, 6.45) is 0.767. The predicted octanol–water partition coefficient (Wildman–Crippen LogP) is 3.84. The van der Waals surface area contributed by atoms with Crippen molar-refractivity contribution in [2.45, 2.75) is 26.3 Å². The van der Waals surface area contributed by atoms with Crippen LogP contribution in [0.5, 0.6) is 0 Å². The number of hydrogen-bond donors (Lipinski definition) is 1. The molecule has 1 atom stereocenters. The minimum atomic E-state index is -0.622. The normalized spacial score (nSPS) is 18.6. The molecule has 1 aliphatic heterocycles. The van der Waals surface area contributed by atoms with Crippen LogP contribution in [-0.2, 0) is 9.59 Å². The molecule has 0 saturated carbocycles. The predicted molar refractivity (Wildman–Crippen MR) is 114 cm³/mol. The molecule has 5 heteroatoms. The van der Waals surface area contributed by atoms with Crippen molar-refractivity contribution in [1.29, 1.82) is 0 Å². The first kappa shape index (κ1) is 20.8. The Bertz CT molecular complexity index is 874. The second kappa shape index (κ2) is 9.52. The zero-order chi connectivity index (χ0) is 20.8. The average Bonchev–Trinajstić information content (AvgIpc) is 3.02. The number of Topliss-reactive ketones (excluding diaryl/α,β-unsaturated/α-hetero) is 1. The number of hydrogen-bond acceptors (Lipinski definition) is 4. The van der Waals surface area contributed by atoms with E-state index < -0.39 is 17.7 Å². The monoisotopic (exact) mass is 392 g/mol. The zero-order valence-electron chi connectivity index (χ0n) is 17.0. The van der Waals surface area contributed by atoms with Crippen molar-refractivity contribution in [2.75, 3.05) is 26.2 Å². The average molecular weight is 392 g/mol. The number of ketones is 1. The molecule has 1 heterocycles. The molecule has 5 nitrogen and oxygen atoms in total. The van der Waals surface area contributed by atoms with Gasteiger partial charge < -0.3 is 14.9 Å². The first-order valence-electron chi connectivity index (χ1n) is 10.2. The summed E-state index contributed by atoms with van der Waals surface area (Å²) in [5, 5.41) is 10.9. The number of amides is 1. The van der Waals surface area contributed by atoms with Crippen molar-refractivity contribution in [2.24, 2.45) is 0 Å². The van der Waals surface area contributed by atoms with Gasteiger partial charge in [0.05, 0.1) is 11.6 Å². The van der Waals surface area contributed by atoms with Gasteiger partial charge in [-0.05, 0) is 31.6 Å². The Kier molecular flexibility index (Phi) is 6.83. The van der Waals surface area contributed by atoms with Gasteiger partial charge in [0, 0.05) is 12.1 Å². The quantitative estimate of drug-likeness (QED) is 0.421. The SMILES string of the molecule is CCN(CC)CCCN1C(=O)C(=O)C(=C(O)c2ccccc2)[C@@H]1c1ccccc1. The van der Waals surface area contributed by atoms with Gasteiger partial charge in [-0.3, -0.25) is 9.59 Å². The molecule has 0 unspecified atom stereocenters. The molecule has 1 saturated heterocycles. The highest BCUT2D eigenvalue weighted by molar-refractivity contribution is 6.46. The molecular formula is C24H28N2O3. The molecule has 0 radical (unpaired) electrons. The van der Waals surface area contributed by atoms with Gasteiger partial charge in [-0.15, -0.1) is 0 Å². The van der Waals surface area contributed by atoms with E-state index in [1.165, 1.54) is 0 Å². The molecule has 1 amide bonds. The molecule has 152 valence electrons. The lowest BCUT2D eigenvalue weighted by molar-refractivity contribution is -0.140. The van der Waals surface area contributed by atoms with E-state index in [-0.39, 0.29) is 11.3 Å². The Morgan fingerprint density at radius 1 is 0.966 bits per heavy atom. The van der Waals surface area contributed by atoms with Crippen LogP contribution in [0.3, 0.4) is 0 Å². The van der Waals surface area contributed by atoms with Crippen LogP contribution < -0.4 is 0 Å². The van der Waals surface area contributed by atoms with E-state index in [0.29, 0.717) is 12.1 Å². The van der Waals surface area contributed by atoms with Gasteiger partial charge in [0.2, 0.25) is 0 Å². The highest BCUT2D eigenvalue weighted by Gasteiger charge is 2.45. The van der Waals surface area contributed by atoms with Crippen molar-refractivity contribution >= 4 is 17.4 Å². The lowest BCUT2D eigenvalue weighted by atomic mass is 9.95. The second-order valence-electron chi connectivity index (χ2n) is 7.15. The summed E-state index contributed by atoms with van der Waals surface area (Å²) in [5.74, 6) is -1.29. The molecule has 1 aliphatic rings. The molecule has 3 rings (SSSR count). The summed E-state index contributed by atoms with van der Waals surface area (Å²) >= 11 is 0. The molecule has 29 heavy (non-hydrogen) atoms. The van der Waals surface area contributed by atoms with Gasteiger partial charge in [-0.25, -0.2) is 0 Å².